The van der Waals surface area contributed by atoms with Crippen LogP contribution < -0.4 is 21.7 Å². The highest BCUT2D eigenvalue weighted by Gasteiger charge is 2.39. The molecule has 16 heteroatoms. The lowest BCUT2D eigenvalue weighted by atomic mass is 10.1. The Morgan fingerprint density at radius 3 is 2.53 bits per heavy atom. The molecular weight excluding hydrogens is 589 g/mol. The molecule has 0 unspecified atom stereocenters. The van der Waals surface area contributed by atoms with E-state index < -0.39 is 17.8 Å². The fourth-order valence-corrected chi connectivity index (χ4v) is 4.88. The number of aromatic amines is 2. The summed E-state index contributed by atoms with van der Waals surface area (Å²) in [6.07, 6.45) is -2.38. The van der Waals surface area contributed by atoms with Crippen molar-refractivity contribution in [1.29, 1.82) is 0 Å². The minimum atomic E-state index is -4.79. The van der Waals surface area contributed by atoms with Gasteiger partial charge in [0.15, 0.2) is 11.5 Å². The van der Waals surface area contributed by atoms with Gasteiger partial charge >= 0.3 is 6.18 Å². The molecule has 1 aromatic carbocycles. The number of nitrogens with one attached hydrogen (secondary N) is 5. The fraction of sp³-hybridized carbons (Fsp3) is 0.296. The SMILES string of the molecule is Nc1ccc(-c2[nH]nc(C(F)(F)F)c2-c2cnc(C(=O)NCc3ccc(C(=O)NCCN4CCNCC4)c(Cl)c3)[nH]2)nc1. The molecule has 43 heavy (non-hydrogen) atoms. The lowest BCUT2D eigenvalue weighted by molar-refractivity contribution is -0.140. The highest BCUT2D eigenvalue weighted by atomic mass is 35.5. The molecule has 1 aliphatic heterocycles. The van der Waals surface area contributed by atoms with Gasteiger partial charge in [0.2, 0.25) is 0 Å². The van der Waals surface area contributed by atoms with E-state index in [9.17, 15) is 22.8 Å². The van der Waals surface area contributed by atoms with Gasteiger partial charge in [-0.2, -0.15) is 18.3 Å². The van der Waals surface area contributed by atoms with Gasteiger partial charge in [-0.1, -0.05) is 17.7 Å². The minimum absolute atomic E-state index is 0.0227. The molecule has 12 nitrogen and oxygen atoms in total. The highest BCUT2D eigenvalue weighted by molar-refractivity contribution is 6.33. The standard InChI is InChI=1S/C27H28ClF3N10O2/c28-18-11-15(1-3-17(18)25(42)34-7-10-41-8-5-33-6-9-41)12-37-26(43)24-36-14-20(38-24)21-22(19-4-2-16(32)13-35-19)39-40-23(21)27(29,30)31/h1-4,11,13-14,33H,5-10,12,32H2,(H,34,42)(H,36,38)(H,37,43)(H,39,40). The zero-order chi connectivity index (χ0) is 30.6. The number of imidazole rings is 1. The van der Waals surface area contributed by atoms with Crippen LogP contribution in [-0.2, 0) is 12.7 Å². The van der Waals surface area contributed by atoms with Crippen molar-refractivity contribution in [2.45, 2.75) is 12.7 Å². The zero-order valence-electron chi connectivity index (χ0n) is 22.7. The second-order valence-corrected chi connectivity index (χ2v) is 10.2. The Labute approximate surface area is 248 Å². The molecule has 4 heterocycles. The van der Waals surface area contributed by atoms with E-state index in [1.807, 2.05) is 0 Å². The largest absolute Gasteiger partial charge is 0.435 e. The van der Waals surface area contributed by atoms with Gasteiger partial charge in [0.05, 0.1) is 51.3 Å². The Bertz CT molecular complexity index is 1600. The Hall–Kier alpha value is -4.47. The number of hydrogen-bond acceptors (Lipinski definition) is 8. The van der Waals surface area contributed by atoms with Crippen LogP contribution in [-0.4, -0.2) is 81.1 Å². The van der Waals surface area contributed by atoms with Crippen LogP contribution in [0.4, 0.5) is 18.9 Å². The molecule has 0 radical (unpaired) electrons. The number of aromatic nitrogens is 5. The molecule has 226 valence electrons. The number of piperazine rings is 1. The number of carbonyl (C=O) groups is 2. The van der Waals surface area contributed by atoms with Crippen molar-refractivity contribution in [3.8, 4) is 22.6 Å². The Kier molecular flexibility index (Phi) is 8.94. The van der Waals surface area contributed by atoms with Gasteiger partial charge in [0.1, 0.15) is 0 Å². The van der Waals surface area contributed by atoms with Crippen LogP contribution in [0.5, 0.6) is 0 Å². The van der Waals surface area contributed by atoms with Crippen LogP contribution in [0.15, 0.2) is 42.7 Å². The maximum absolute atomic E-state index is 13.8. The van der Waals surface area contributed by atoms with E-state index >= 15 is 0 Å². The lowest BCUT2D eigenvalue weighted by Crippen LogP contribution is -2.46. The highest BCUT2D eigenvalue weighted by Crippen LogP contribution is 2.40. The van der Waals surface area contributed by atoms with Crippen molar-refractivity contribution in [3.63, 3.8) is 0 Å². The molecule has 0 spiro atoms. The fourth-order valence-electron chi connectivity index (χ4n) is 4.59. The van der Waals surface area contributed by atoms with Crippen LogP contribution in [0.1, 0.15) is 32.2 Å². The van der Waals surface area contributed by atoms with E-state index in [0.29, 0.717) is 23.4 Å². The van der Waals surface area contributed by atoms with Gasteiger partial charge in [-0.05, 0) is 29.8 Å². The summed E-state index contributed by atoms with van der Waals surface area (Å²) in [6.45, 7) is 4.95. The van der Waals surface area contributed by atoms with Crippen LogP contribution >= 0.6 is 11.6 Å². The first kappa shape index (κ1) is 30.0. The minimum Gasteiger partial charge on any atom is -0.397 e. The number of alkyl halides is 3. The van der Waals surface area contributed by atoms with Crippen LogP contribution in [0, 0.1) is 0 Å². The number of anilines is 1. The van der Waals surface area contributed by atoms with Crippen molar-refractivity contribution in [2.24, 2.45) is 0 Å². The Morgan fingerprint density at radius 1 is 1.05 bits per heavy atom. The number of nitrogens with two attached hydrogens (primary N) is 1. The van der Waals surface area contributed by atoms with Gasteiger partial charge in [-0.15, -0.1) is 0 Å². The summed E-state index contributed by atoms with van der Waals surface area (Å²) >= 11 is 6.35. The zero-order valence-corrected chi connectivity index (χ0v) is 23.4. The number of halogens is 4. The number of amides is 2. The molecule has 1 fully saturated rings. The first-order valence-electron chi connectivity index (χ1n) is 13.3. The maximum atomic E-state index is 13.8. The van der Waals surface area contributed by atoms with E-state index in [0.717, 1.165) is 38.9 Å². The van der Waals surface area contributed by atoms with Crippen molar-refractivity contribution in [1.82, 2.24) is 46.0 Å². The summed E-state index contributed by atoms with van der Waals surface area (Å²) < 4.78 is 41.3. The third-order valence-electron chi connectivity index (χ3n) is 6.79. The molecule has 0 atom stereocenters. The number of hydrogen-bond donors (Lipinski definition) is 6. The van der Waals surface area contributed by atoms with Crippen LogP contribution in [0.25, 0.3) is 22.6 Å². The molecule has 0 saturated carbocycles. The number of carbonyl (C=O) groups excluding carboxylic acids is 2. The molecule has 1 aliphatic rings. The van der Waals surface area contributed by atoms with Crippen molar-refractivity contribution in [3.05, 3.63) is 70.4 Å². The summed E-state index contributed by atoms with van der Waals surface area (Å²) in [5, 5.41) is 14.8. The quantitative estimate of drug-likeness (QED) is 0.167. The number of benzene rings is 1. The van der Waals surface area contributed by atoms with Gasteiger partial charge in [-0.25, -0.2) is 4.98 Å². The second kappa shape index (κ2) is 12.8. The van der Waals surface area contributed by atoms with Gasteiger partial charge < -0.3 is 26.7 Å². The number of H-pyrrole nitrogens is 2. The van der Waals surface area contributed by atoms with Crippen molar-refractivity contribution < 1.29 is 22.8 Å². The summed E-state index contributed by atoms with van der Waals surface area (Å²) in [4.78, 5) is 38.3. The number of pyridine rings is 1. The summed E-state index contributed by atoms with van der Waals surface area (Å²) in [5.74, 6) is -1.18. The molecule has 3 aromatic heterocycles. The van der Waals surface area contributed by atoms with E-state index in [-0.39, 0.29) is 45.9 Å². The second-order valence-electron chi connectivity index (χ2n) is 9.79. The third-order valence-corrected chi connectivity index (χ3v) is 7.10. The summed E-state index contributed by atoms with van der Waals surface area (Å²) in [6, 6.07) is 7.72. The van der Waals surface area contributed by atoms with E-state index in [1.165, 1.54) is 18.3 Å². The summed E-state index contributed by atoms with van der Waals surface area (Å²) in [7, 11) is 0. The molecule has 0 aliphatic carbocycles. The first-order chi connectivity index (χ1) is 20.6. The van der Waals surface area contributed by atoms with Crippen molar-refractivity contribution in [2.75, 3.05) is 45.0 Å². The van der Waals surface area contributed by atoms with E-state index in [2.05, 4.69) is 46.0 Å². The number of rotatable bonds is 9. The number of nitrogens with zero attached hydrogens (tertiary/aromatic N) is 4. The molecule has 4 aromatic rings. The molecular formula is C27H28ClF3N10O2. The predicted molar refractivity (Wildman–Crippen MR) is 153 cm³/mol. The average molecular weight is 617 g/mol. The van der Waals surface area contributed by atoms with E-state index in [1.54, 1.807) is 18.2 Å². The van der Waals surface area contributed by atoms with Gasteiger partial charge in [-0.3, -0.25) is 24.6 Å². The Balaban J connectivity index is 1.23. The smallest absolute Gasteiger partial charge is 0.397 e. The average Bonchev–Trinajstić information content (AvgIpc) is 3.65. The molecule has 0 bridgehead atoms. The van der Waals surface area contributed by atoms with Crippen LogP contribution in [0.2, 0.25) is 5.02 Å². The van der Waals surface area contributed by atoms with Gasteiger partial charge in [0.25, 0.3) is 11.8 Å². The molecule has 1 saturated heterocycles. The van der Waals surface area contributed by atoms with Gasteiger partial charge in [0, 0.05) is 45.8 Å². The van der Waals surface area contributed by atoms with E-state index in [4.69, 9.17) is 17.3 Å². The topological polar surface area (TPSA) is 170 Å². The summed E-state index contributed by atoms with van der Waals surface area (Å²) in [5.41, 5.74) is 5.41. The normalized spacial score (nSPS) is 14.0. The first-order valence-corrected chi connectivity index (χ1v) is 13.7. The Morgan fingerprint density at radius 2 is 1.84 bits per heavy atom. The lowest BCUT2D eigenvalue weighted by Gasteiger charge is -2.27. The monoisotopic (exact) mass is 616 g/mol. The third kappa shape index (κ3) is 7.13. The maximum Gasteiger partial charge on any atom is 0.435 e. The molecule has 7 N–H and O–H groups in total. The van der Waals surface area contributed by atoms with Crippen LogP contribution in [0.3, 0.4) is 0 Å². The molecule has 5 rings (SSSR count). The molecule has 2 amide bonds. The number of nitrogen functional groups attached to an aromatic ring is 1. The predicted octanol–water partition coefficient (Wildman–Crippen LogP) is 2.68. The van der Waals surface area contributed by atoms with Crippen molar-refractivity contribution >= 4 is 29.1 Å².